The molecule has 2 atom stereocenters. The highest BCUT2D eigenvalue weighted by Gasteiger charge is 2.29. The van der Waals surface area contributed by atoms with Gasteiger partial charge < -0.3 is 9.63 Å². The average Bonchev–Trinajstić information content (AvgIpc) is 2.90. The molecule has 2 aromatic rings. The van der Waals surface area contributed by atoms with Gasteiger partial charge >= 0.3 is 0 Å². The molecular formula is C12H14N4O2. The van der Waals surface area contributed by atoms with Gasteiger partial charge in [-0.2, -0.15) is 4.98 Å². The highest BCUT2D eigenvalue weighted by Crippen LogP contribution is 2.32. The lowest BCUT2D eigenvalue weighted by Crippen LogP contribution is -2.22. The van der Waals surface area contributed by atoms with Gasteiger partial charge in [0.1, 0.15) is 12.0 Å². The summed E-state index contributed by atoms with van der Waals surface area (Å²) in [6.45, 7) is 0. The Bertz CT molecular complexity index is 514. The quantitative estimate of drug-likeness (QED) is 0.865. The van der Waals surface area contributed by atoms with E-state index in [-0.39, 0.29) is 12.0 Å². The van der Waals surface area contributed by atoms with Crippen LogP contribution in [0.3, 0.4) is 0 Å². The van der Waals surface area contributed by atoms with Crippen molar-refractivity contribution in [2.45, 2.75) is 37.7 Å². The van der Waals surface area contributed by atoms with Gasteiger partial charge in [-0.1, -0.05) is 18.0 Å². The largest absolute Gasteiger partial charge is 0.392 e. The Hall–Kier alpha value is -1.82. The zero-order chi connectivity index (χ0) is 12.4. The van der Waals surface area contributed by atoms with E-state index in [9.17, 15) is 5.11 Å². The van der Waals surface area contributed by atoms with Crippen LogP contribution in [0, 0.1) is 0 Å². The summed E-state index contributed by atoms with van der Waals surface area (Å²) in [4.78, 5) is 12.2. The highest BCUT2D eigenvalue weighted by atomic mass is 16.5. The fourth-order valence-corrected chi connectivity index (χ4v) is 2.31. The van der Waals surface area contributed by atoms with E-state index in [1.807, 2.05) is 0 Å². The summed E-state index contributed by atoms with van der Waals surface area (Å²) in [5.41, 5.74) is 0.630. The van der Waals surface area contributed by atoms with E-state index < -0.39 is 0 Å². The first-order valence-corrected chi connectivity index (χ1v) is 6.12. The topological polar surface area (TPSA) is 84.9 Å². The molecule has 6 nitrogen and oxygen atoms in total. The maximum absolute atomic E-state index is 9.95. The van der Waals surface area contributed by atoms with Crippen LogP contribution in [0.1, 0.15) is 37.5 Å². The van der Waals surface area contributed by atoms with Gasteiger partial charge in [0, 0.05) is 6.20 Å². The molecule has 0 bridgehead atoms. The van der Waals surface area contributed by atoms with E-state index in [1.54, 1.807) is 12.3 Å². The molecule has 1 aliphatic carbocycles. The predicted molar refractivity (Wildman–Crippen MR) is 62.5 cm³/mol. The fraction of sp³-hybridized carbons (Fsp3) is 0.500. The van der Waals surface area contributed by atoms with Crippen LogP contribution in [-0.4, -0.2) is 31.3 Å². The van der Waals surface area contributed by atoms with Crippen molar-refractivity contribution in [1.29, 1.82) is 0 Å². The third kappa shape index (κ3) is 2.11. The number of aromatic nitrogens is 4. The van der Waals surface area contributed by atoms with Gasteiger partial charge in [0.15, 0.2) is 0 Å². The van der Waals surface area contributed by atoms with Gasteiger partial charge in [0.2, 0.25) is 11.7 Å². The standard InChI is InChI=1S/C12H14N4O2/c17-10-4-2-1-3-8(10)12-15-11(16-18-12)9-5-6-13-7-14-9/h5-8,10,17H,1-4H2. The molecule has 1 saturated carbocycles. The Kier molecular flexibility index (Phi) is 3.02. The Morgan fingerprint density at radius 2 is 2.17 bits per heavy atom. The van der Waals surface area contributed by atoms with Crippen molar-refractivity contribution < 1.29 is 9.63 Å². The molecule has 0 amide bonds. The lowest BCUT2D eigenvalue weighted by molar-refractivity contribution is 0.0908. The number of hydrogen-bond donors (Lipinski definition) is 1. The van der Waals surface area contributed by atoms with Gasteiger partial charge in [0.25, 0.3) is 0 Å². The van der Waals surface area contributed by atoms with Crippen LogP contribution >= 0.6 is 0 Å². The van der Waals surface area contributed by atoms with Crippen molar-refractivity contribution in [3.05, 3.63) is 24.5 Å². The second-order valence-corrected chi connectivity index (χ2v) is 4.51. The van der Waals surface area contributed by atoms with Crippen molar-refractivity contribution in [2.75, 3.05) is 0 Å². The summed E-state index contributed by atoms with van der Waals surface area (Å²) in [6.07, 6.45) is 6.55. The van der Waals surface area contributed by atoms with Crippen LogP contribution in [0.5, 0.6) is 0 Å². The van der Waals surface area contributed by atoms with Crippen molar-refractivity contribution in [3.8, 4) is 11.5 Å². The van der Waals surface area contributed by atoms with Crippen molar-refractivity contribution in [3.63, 3.8) is 0 Å². The monoisotopic (exact) mass is 246 g/mol. The lowest BCUT2D eigenvalue weighted by Gasteiger charge is -2.24. The van der Waals surface area contributed by atoms with E-state index in [1.165, 1.54) is 6.33 Å². The highest BCUT2D eigenvalue weighted by molar-refractivity contribution is 5.46. The van der Waals surface area contributed by atoms with Crippen LogP contribution in [0.25, 0.3) is 11.5 Å². The molecule has 94 valence electrons. The smallest absolute Gasteiger partial charge is 0.232 e. The second-order valence-electron chi connectivity index (χ2n) is 4.51. The fourth-order valence-electron chi connectivity index (χ4n) is 2.31. The third-order valence-electron chi connectivity index (χ3n) is 3.30. The van der Waals surface area contributed by atoms with Crippen LogP contribution in [0.15, 0.2) is 23.1 Å². The van der Waals surface area contributed by atoms with E-state index >= 15 is 0 Å². The first-order chi connectivity index (χ1) is 8.84. The molecule has 0 radical (unpaired) electrons. The molecule has 0 saturated heterocycles. The van der Waals surface area contributed by atoms with Crippen molar-refractivity contribution in [2.24, 2.45) is 0 Å². The van der Waals surface area contributed by atoms with E-state index in [0.29, 0.717) is 17.4 Å². The summed E-state index contributed by atoms with van der Waals surface area (Å²) < 4.78 is 5.25. The first-order valence-electron chi connectivity index (χ1n) is 6.12. The molecule has 18 heavy (non-hydrogen) atoms. The molecule has 1 fully saturated rings. The summed E-state index contributed by atoms with van der Waals surface area (Å²) in [5, 5.41) is 13.9. The molecule has 0 aromatic carbocycles. The first kappa shape index (κ1) is 11.3. The maximum atomic E-state index is 9.95. The van der Waals surface area contributed by atoms with Gasteiger partial charge in [-0.15, -0.1) is 0 Å². The van der Waals surface area contributed by atoms with Crippen molar-refractivity contribution >= 4 is 0 Å². The Balaban J connectivity index is 1.85. The van der Waals surface area contributed by atoms with Crippen molar-refractivity contribution in [1.82, 2.24) is 20.1 Å². The van der Waals surface area contributed by atoms with Crippen LogP contribution < -0.4 is 0 Å². The summed E-state index contributed by atoms with van der Waals surface area (Å²) >= 11 is 0. The van der Waals surface area contributed by atoms with E-state index in [2.05, 4.69) is 20.1 Å². The molecule has 6 heteroatoms. The minimum absolute atomic E-state index is 0.0400. The SMILES string of the molecule is OC1CCCCC1c1nc(-c2ccncn2)no1. The molecule has 0 spiro atoms. The number of hydrogen-bond acceptors (Lipinski definition) is 6. The van der Waals surface area contributed by atoms with Crippen LogP contribution in [-0.2, 0) is 0 Å². The average molecular weight is 246 g/mol. The van der Waals surface area contributed by atoms with Crippen LogP contribution in [0.4, 0.5) is 0 Å². The number of nitrogens with zero attached hydrogens (tertiary/aromatic N) is 4. The summed E-state index contributed by atoms with van der Waals surface area (Å²) in [6, 6.07) is 1.73. The van der Waals surface area contributed by atoms with Crippen LogP contribution in [0.2, 0.25) is 0 Å². The Morgan fingerprint density at radius 3 is 2.94 bits per heavy atom. The Morgan fingerprint density at radius 1 is 1.28 bits per heavy atom. The molecular weight excluding hydrogens is 232 g/mol. The maximum Gasteiger partial charge on any atom is 0.232 e. The normalized spacial score (nSPS) is 24.1. The second kappa shape index (κ2) is 4.81. The van der Waals surface area contributed by atoms with E-state index in [4.69, 9.17) is 4.52 Å². The van der Waals surface area contributed by atoms with Gasteiger partial charge in [-0.05, 0) is 18.9 Å². The third-order valence-corrected chi connectivity index (χ3v) is 3.30. The minimum Gasteiger partial charge on any atom is -0.392 e. The van der Waals surface area contributed by atoms with Gasteiger partial charge in [0.05, 0.1) is 12.0 Å². The molecule has 0 aliphatic heterocycles. The van der Waals surface area contributed by atoms with Gasteiger partial charge in [-0.25, -0.2) is 9.97 Å². The molecule has 3 rings (SSSR count). The predicted octanol–water partition coefficient (Wildman–Crippen LogP) is 1.55. The number of rotatable bonds is 2. The molecule has 2 aromatic heterocycles. The molecule has 2 unspecified atom stereocenters. The number of aliphatic hydroxyl groups is 1. The summed E-state index contributed by atoms with van der Waals surface area (Å²) in [5.74, 6) is 0.919. The Labute approximate surface area is 104 Å². The lowest BCUT2D eigenvalue weighted by atomic mass is 9.86. The summed E-state index contributed by atoms with van der Waals surface area (Å²) in [7, 11) is 0. The van der Waals surface area contributed by atoms with Gasteiger partial charge in [-0.3, -0.25) is 0 Å². The molecule has 2 heterocycles. The van der Waals surface area contributed by atoms with E-state index in [0.717, 1.165) is 25.7 Å². The molecule has 1 aliphatic rings. The zero-order valence-electron chi connectivity index (χ0n) is 9.86. The molecule has 1 N–H and O–H groups in total. The minimum atomic E-state index is -0.377. The zero-order valence-corrected chi connectivity index (χ0v) is 9.86. The number of aliphatic hydroxyl groups excluding tert-OH is 1.